The number of aromatic carboxylic acids is 1. The van der Waals surface area contributed by atoms with Crippen LogP contribution in [0.1, 0.15) is 17.3 Å². The molecule has 114 valence electrons. The van der Waals surface area contributed by atoms with Crippen molar-refractivity contribution in [3.05, 3.63) is 28.8 Å². The molecule has 0 saturated carbocycles. The summed E-state index contributed by atoms with van der Waals surface area (Å²) in [4.78, 5) is 23.3. The number of likely N-dealkylation sites (N-methyl/N-ethyl adjacent to an activating group) is 1. The molecule has 7 heteroatoms. The van der Waals surface area contributed by atoms with E-state index in [0.717, 1.165) is 6.54 Å². The summed E-state index contributed by atoms with van der Waals surface area (Å²) < 4.78 is 5.32. The first-order valence-electron chi connectivity index (χ1n) is 6.67. The summed E-state index contributed by atoms with van der Waals surface area (Å²) in [6, 6.07) is 4.14. The number of benzene rings is 1. The fraction of sp³-hybridized carbons (Fsp3) is 0.429. The van der Waals surface area contributed by atoms with Gasteiger partial charge in [0.05, 0.1) is 35.4 Å². The molecule has 1 heterocycles. The van der Waals surface area contributed by atoms with Gasteiger partial charge in [0.2, 0.25) is 5.91 Å². The van der Waals surface area contributed by atoms with Crippen LogP contribution in [-0.4, -0.2) is 42.8 Å². The Morgan fingerprint density at radius 2 is 2.19 bits per heavy atom. The van der Waals surface area contributed by atoms with Crippen LogP contribution >= 0.6 is 11.6 Å². The molecule has 1 fully saturated rings. The second-order valence-corrected chi connectivity index (χ2v) is 5.20. The van der Waals surface area contributed by atoms with Gasteiger partial charge in [0, 0.05) is 6.04 Å². The number of carbonyl (C=O) groups excluding carboxylic acids is 1. The van der Waals surface area contributed by atoms with Crippen LogP contribution in [0.3, 0.4) is 0 Å². The number of nitrogens with one attached hydrogen (secondary N) is 2. The Balaban J connectivity index is 2.12. The molecule has 2 atom stereocenters. The highest BCUT2D eigenvalue weighted by Crippen LogP contribution is 2.25. The maximum absolute atomic E-state index is 12.3. The number of carboxylic acid groups (broad SMARTS) is 1. The van der Waals surface area contributed by atoms with Crippen LogP contribution in [-0.2, 0) is 9.53 Å². The van der Waals surface area contributed by atoms with E-state index in [-0.39, 0.29) is 23.4 Å². The van der Waals surface area contributed by atoms with Crippen molar-refractivity contribution in [2.75, 3.05) is 25.1 Å². The zero-order valence-electron chi connectivity index (χ0n) is 11.6. The van der Waals surface area contributed by atoms with Crippen LogP contribution in [0.25, 0.3) is 0 Å². The Hall–Kier alpha value is -1.63. The standard InChI is InChI=1S/C14H17ClN2O4/c1-2-16-12-7-21-6-9(12)13(18)17-11-5-8(14(19)20)3-4-10(11)15/h3-5,9,12,16H,2,6-7H2,1H3,(H,17,18)(H,19,20). The van der Waals surface area contributed by atoms with Crippen LogP contribution < -0.4 is 10.6 Å². The average Bonchev–Trinajstić information content (AvgIpc) is 2.89. The number of carbonyl (C=O) groups is 2. The summed E-state index contributed by atoms with van der Waals surface area (Å²) in [5, 5.41) is 15.1. The summed E-state index contributed by atoms with van der Waals surface area (Å²) in [6.45, 7) is 3.52. The van der Waals surface area contributed by atoms with E-state index >= 15 is 0 Å². The highest BCUT2D eigenvalue weighted by Gasteiger charge is 2.33. The molecule has 0 radical (unpaired) electrons. The third-order valence-corrected chi connectivity index (χ3v) is 3.68. The van der Waals surface area contributed by atoms with Crippen molar-refractivity contribution in [1.82, 2.24) is 5.32 Å². The van der Waals surface area contributed by atoms with Gasteiger partial charge in [0.15, 0.2) is 0 Å². The minimum absolute atomic E-state index is 0.0450. The van der Waals surface area contributed by atoms with Crippen molar-refractivity contribution in [3.63, 3.8) is 0 Å². The number of anilines is 1. The molecule has 0 aromatic heterocycles. The number of rotatable bonds is 5. The quantitative estimate of drug-likeness (QED) is 0.768. The fourth-order valence-corrected chi connectivity index (χ4v) is 2.42. The Labute approximate surface area is 127 Å². The lowest BCUT2D eigenvalue weighted by Gasteiger charge is -2.18. The van der Waals surface area contributed by atoms with Gasteiger partial charge in [-0.05, 0) is 24.7 Å². The lowest BCUT2D eigenvalue weighted by Crippen LogP contribution is -2.41. The van der Waals surface area contributed by atoms with Crippen molar-refractivity contribution < 1.29 is 19.4 Å². The first kappa shape index (κ1) is 15.8. The van der Waals surface area contributed by atoms with Crippen LogP contribution in [0.2, 0.25) is 5.02 Å². The van der Waals surface area contributed by atoms with Gasteiger partial charge >= 0.3 is 5.97 Å². The predicted molar refractivity (Wildman–Crippen MR) is 78.8 cm³/mol. The van der Waals surface area contributed by atoms with Crippen molar-refractivity contribution in [2.24, 2.45) is 5.92 Å². The molecular formula is C14H17ClN2O4. The molecule has 21 heavy (non-hydrogen) atoms. The predicted octanol–water partition coefficient (Wildman–Crippen LogP) is 1.60. The highest BCUT2D eigenvalue weighted by molar-refractivity contribution is 6.33. The van der Waals surface area contributed by atoms with Gasteiger partial charge < -0.3 is 20.5 Å². The van der Waals surface area contributed by atoms with Gasteiger partial charge in [-0.1, -0.05) is 18.5 Å². The normalized spacial score (nSPS) is 21.2. The number of carboxylic acids is 1. The van der Waals surface area contributed by atoms with E-state index < -0.39 is 5.97 Å². The Bertz CT molecular complexity index is 550. The monoisotopic (exact) mass is 312 g/mol. The molecule has 0 spiro atoms. The summed E-state index contributed by atoms with van der Waals surface area (Å²) in [6.07, 6.45) is 0. The molecule has 1 saturated heterocycles. The first-order valence-corrected chi connectivity index (χ1v) is 7.05. The van der Waals surface area contributed by atoms with Gasteiger partial charge in [-0.2, -0.15) is 0 Å². The largest absolute Gasteiger partial charge is 0.478 e. The summed E-state index contributed by atoms with van der Waals surface area (Å²) in [7, 11) is 0. The Morgan fingerprint density at radius 1 is 1.43 bits per heavy atom. The lowest BCUT2D eigenvalue weighted by atomic mass is 10.0. The zero-order chi connectivity index (χ0) is 15.4. The maximum atomic E-state index is 12.3. The molecule has 3 N–H and O–H groups in total. The van der Waals surface area contributed by atoms with Crippen LogP contribution in [0.15, 0.2) is 18.2 Å². The summed E-state index contributed by atoms with van der Waals surface area (Å²) >= 11 is 5.99. The molecule has 1 aromatic rings. The van der Waals surface area contributed by atoms with Gasteiger partial charge in [0.25, 0.3) is 0 Å². The minimum atomic E-state index is -1.07. The average molecular weight is 313 g/mol. The molecule has 1 aliphatic rings. The maximum Gasteiger partial charge on any atom is 0.335 e. The number of hydrogen-bond donors (Lipinski definition) is 3. The molecule has 0 aliphatic carbocycles. The molecule has 6 nitrogen and oxygen atoms in total. The Morgan fingerprint density at radius 3 is 2.86 bits per heavy atom. The van der Waals surface area contributed by atoms with Crippen molar-refractivity contribution in [2.45, 2.75) is 13.0 Å². The van der Waals surface area contributed by atoms with E-state index in [0.29, 0.717) is 23.9 Å². The van der Waals surface area contributed by atoms with Gasteiger partial charge in [-0.3, -0.25) is 4.79 Å². The van der Waals surface area contributed by atoms with E-state index in [2.05, 4.69) is 10.6 Å². The van der Waals surface area contributed by atoms with E-state index in [1.54, 1.807) is 0 Å². The van der Waals surface area contributed by atoms with E-state index in [9.17, 15) is 9.59 Å². The van der Waals surface area contributed by atoms with E-state index in [4.69, 9.17) is 21.4 Å². The topological polar surface area (TPSA) is 87.7 Å². The van der Waals surface area contributed by atoms with Crippen LogP contribution in [0.5, 0.6) is 0 Å². The van der Waals surface area contributed by atoms with Crippen molar-refractivity contribution in [1.29, 1.82) is 0 Å². The van der Waals surface area contributed by atoms with Gasteiger partial charge in [0.1, 0.15) is 0 Å². The van der Waals surface area contributed by atoms with Crippen molar-refractivity contribution in [3.8, 4) is 0 Å². The van der Waals surface area contributed by atoms with Gasteiger partial charge in [-0.25, -0.2) is 4.79 Å². The molecule has 1 amide bonds. The summed E-state index contributed by atoms with van der Waals surface area (Å²) in [5.41, 5.74) is 0.365. The van der Waals surface area contributed by atoms with Crippen LogP contribution in [0, 0.1) is 5.92 Å². The second-order valence-electron chi connectivity index (χ2n) is 4.80. The molecule has 1 aromatic carbocycles. The first-order chi connectivity index (χ1) is 10.0. The molecule has 2 rings (SSSR count). The van der Waals surface area contributed by atoms with Gasteiger partial charge in [-0.15, -0.1) is 0 Å². The Kier molecular flexibility index (Phi) is 5.17. The molecule has 1 aliphatic heterocycles. The van der Waals surface area contributed by atoms with Crippen LogP contribution in [0.4, 0.5) is 5.69 Å². The number of hydrogen-bond acceptors (Lipinski definition) is 4. The molecule has 0 bridgehead atoms. The number of amides is 1. The SMILES string of the molecule is CCNC1COCC1C(=O)Nc1cc(C(=O)O)ccc1Cl. The van der Waals surface area contributed by atoms with E-state index in [1.165, 1.54) is 18.2 Å². The third-order valence-electron chi connectivity index (χ3n) is 3.35. The highest BCUT2D eigenvalue weighted by atomic mass is 35.5. The zero-order valence-corrected chi connectivity index (χ0v) is 12.3. The lowest BCUT2D eigenvalue weighted by molar-refractivity contribution is -0.120. The number of ether oxygens (including phenoxy) is 1. The fourth-order valence-electron chi connectivity index (χ4n) is 2.26. The number of halogens is 1. The van der Waals surface area contributed by atoms with E-state index in [1.807, 2.05) is 6.92 Å². The smallest absolute Gasteiger partial charge is 0.335 e. The third kappa shape index (κ3) is 3.72. The second kappa shape index (κ2) is 6.89. The molecule has 2 unspecified atom stereocenters. The summed E-state index contributed by atoms with van der Waals surface area (Å²) in [5.74, 6) is -1.63. The molecular weight excluding hydrogens is 296 g/mol. The minimum Gasteiger partial charge on any atom is -0.478 e. The van der Waals surface area contributed by atoms with Crippen molar-refractivity contribution >= 4 is 29.2 Å².